The van der Waals surface area contributed by atoms with Gasteiger partial charge in [-0.05, 0) is 25.0 Å². The maximum atomic E-state index is 11.9. The van der Waals surface area contributed by atoms with Gasteiger partial charge in [0.25, 0.3) is 0 Å². The SMILES string of the molecule is CN(C)c1ccccc1C(=O)C1CC1. The van der Waals surface area contributed by atoms with Crippen LogP contribution in [-0.4, -0.2) is 19.9 Å². The van der Waals surface area contributed by atoms with Gasteiger partial charge < -0.3 is 4.90 Å². The van der Waals surface area contributed by atoms with E-state index >= 15 is 0 Å². The summed E-state index contributed by atoms with van der Waals surface area (Å²) in [6.45, 7) is 0. The second-order valence-electron chi connectivity index (χ2n) is 4.05. The highest BCUT2D eigenvalue weighted by molar-refractivity contribution is 6.03. The van der Waals surface area contributed by atoms with Crippen molar-refractivity contribution in [2.45, 2.75) is 12.8 Å². The van der Waals surface area contributed by atoms with Gasteiger partial charge in [-0.15, -0.1) is 0 Å². The highest BCUT2D eigenvalue weighted by Gasteiger charge is 2.31. The molecule has 0 heterocycles. The molecule has 1 aromatic rings. The first-order valence-electron chi connectivity index (χ1n) is 5.00. The van der Waals surface area contributed by atoms with E-state index in [4.69, 9.17) is 0 Å². The highest BCUT2D eigenvalue weighted by atomic mass is 16.1. The van der Waals surface area contributed by atoms with Crippen LogP contribution in [0.5, 0.6) is 0 Å². The van der Waals surface area contributed by atoms with Gasteiger partial charge in [0.15, 0.2) is 5.78 Å². The van der Waals surface area contributed by atoms with Crippen LogP contribution in [0.1, 0.15) is 23.2 Å². The molecule has 0 N–H and O–H groups in total. The Hall–Kier alpha value is -1.31. The van der Waals surface area contributed by atoms with Crippen LogP contribution in [0.25, 0.3) is 0 Å². The fraction of sp³-hybridized carbons (Fsp3) is 0.417. The van der Waals surface area contributed by atoms with Gasteiger partial charge in [0.1, 0.15) is 0 Å². The lowest BCUT2D eigenvalue weighted by Crippen LogP contribution is -2.14. The Balaban J connectivity index is 2.35. The van der Waals surface area contributed by atoms with Crippen LogP contribution < -0.4 is 4.90 Å². The highest BCUT2D eigenvalue weighted by Crippen LogP contribution is 2.34. The zero-order chi connectivity index (χ0) is 10.1. The van der Waals surface area contributed by atoms with Crippen LogP contribution in [0, 0.1) is 5.92 Å². The molecule has 2 nitrogen and oxygen atoms in total. The topological polar surface area (TPSA) is 20.3 Å². The predicted octanol–water partition coefficient (Wildman–Crippen LogP) is 2.35. The Morgan fingerprint density at radius 2 is 1.93 bits per heavy atom. The number of Topliss-reactive ketones (excluding diaryl/α,β-unsaturated/α-hetero) is 1. The van der Waals surface area contributed by atoms with Crippen molar-refractivity contribution in [3.8, 4) is 0 Å². The summed E-state index contributed by atoms with van der Waals surface area (Å²) >= 11 is 0. The standard InChI is InChI=1S/C12H15NO/c1-13(2)11-6-4-3-5-10(11)12(14)9-7-8-9/h3-6,9H,7-8H2,1-2H3. The second-order valence-corrected chi connectivity index (χ2v) is 4.05. The molecule has 0 atom stereocenters. The summed E-state index contributed by atoms with van der Waals surface area (Å²) in [5.41, 5.74) is 1.91. The lowest BCUT2D eigenvalue weighted by atomic mass is 10.0. The van der Waals surface area contributed by atoms with Crippen LogP contribution in [0.4, 0.5) is 5.69 Å². The first kappa shape index (κ1) is 9.25. The molecule has 2 heteroatoms. The number of carbonyl (C=O) groups is 1. The molecule has 1 aliphatic carbocycles. The van der Waals surface area contributed by atoms with E-state index in [1.165, 1.54) is 0 Å². The Kier molecular flexibility index (Phi) is 2.28. The number of nitrogens with zero attached hydrogens (tertiary/aromatic N) is 1. The van der Waals surface area contributed by atoms with Gasteiger partial charge in [-0.25, -0.2) is 0 Å². The van der Waals surface area contributed by atoms with E-state index in [-0.39, 0.29) is 0 Å². The molecule has 0 unspecified atom stereocenters. The minimum absolute atomic E-state index is 0.302. The molecule has 1 aromatic carbocycles. The molecule has 0 saturated heterocycles. The maximum Gasteiger partial charge on any atom is 0.168 e. The monoisotopic (exact) mass is 189 g/mol. The fourth-order valence-electron chi connectivity index (χ4n) is 1.64. The molecule has 0 bridgehead atoms. The third kappa shape index (κ3) is 1.65. The molecule has 2 rings (SSSR count). The first-order chi connectivity index (χ1) is 6.70. The summed E-state index contributed by atoms with van der Waals surface area (Å²) in [4.78, 5) is 13.9. The van der Waals surface area contributed by atoms with Crippen molar-refractivity contribution >= 4 is 11.5 Å². The number of hydrogen-bond donors (Lipinski definition) is 0. The lowest BCUT2D eigenvalue weighted by Gasteiger charge is -2.16. The number of para-hydroxylation sites is 1. The molecule has 0 spiro atoms. The van der Waals surface area contributed by atoms with E-state index in [0.717, 1.165) is 24.1 Å². The lowest BCUT2D eigenvalue weighted by molar-refractivity contribution is 0.0968. The number of ketones is 1. The van der Waals surface area contributed by atoms with Crippen molar-refractivity contribution in [1.82, 2.24) is 0 Å². The number of anilines is 1. The molecule has 1 saturated carbocycles. The van der Waals surface area contributed by atoms with Gasteiger partial charge in [-0.1, -0.05) is 12.1 Å². The van der Waals surface area contributed by atoms with Crippen molar-refractivity contribution in [3.05, 3.63) is 29.8 Å². The summed E-state index contributed by atoms with van der Waals surface area (Å²) < 4.78 is 0. The number of carbonyl (C=O) groups excluding carboxylic acids is 1. The van der Waals surface area contributed by atoms with Crippen LogP contribution >= 0.6 is 0 Å². The Morgan fingerprint density at radius 1 is 1.29 bits per heavy atom. The molecule has 0 radical (unpaired) electrons. The number of rotatable bonds is 3. The molecule has 74 valence electrons. The quantitative estimate of drug-likeness (QED) is 0.680. The zero-order valence-corrected chi connectivity index (χ0v) is 8.66. The van der Waals surface area contributed by atoms with E-state index in [9.17, 15) is 4.79 Å². The molecule has 0 amide bonds. The molecule has 0 aromatic heterocycles. The average Bonchev–Trinajstić information content (AvgIpc) is 3.00. The van der Waals surface area contributed by atoms with Crippen molar-refractivity contribution in [2.24, 2.45) is 5.92 Å². The minimum Gasteiger partial charge on any atom is -0.377 e. The second kappa shape index (κ2) is 3.45. The normalized spacial score (nSPS) is 15.3. The van der Waals surface area contributed by atoms with Crippen molar-refractivity contribution in [2.75, 3.05) is 19.0 Å². The first-order valence-corrected chi connectivity index (χ1v) is 5.00. The smallest absolute Gasteiger partial charge is 0.168 e. The van der Waals surface area contributed by atoms with E-state index < -0.39 is 0 Å². The van der Waals surface area contributed by atoms with Gasteiger partial charge in [-0.3, -0.25) is 4.79 Å². The van der Waals surface area contributed by atoms with Crippen LogP contribution in [-0.2, 0) is 0 Å². The number of benzene rings is 1. The van der Waals surface area contributed by atoms with E-state index in [1.807, 2.05) is 43.3 Å². The van der Waals surface area contributed by atoms with Gasteiger partial charge in [0.2, 0.25) is 0 Å². The summed E-state index contributed by atoms with van der Waals surface area (Å²) in [5.74, 6) is 0.616. The van der Waals surface area contributed by atoms with Crippen LogP contribution in [0.2, 0.25) is 0 Å². The minimum atomic E-state index is 0.302. The van der Waals surface area contributed by atoms with E-state index in [0.29, 0.717) is 11.7 Å². The Morgan fingerprint density at radius 3 is 2.50 bits per heavy atom. The predicted molar refractivity (Wildman–Crippen MR) is 57.8 cm³/mol. The molecule has 0 aliphatic heterocycles. The largest absolute Gasteiger partial charge is 0.377 e. The van der Waals surface area contributed by atoms with Gasteiger partial charge >= 0.3 is 0 Å². The third-order valence-electron chi connectivity index (χ3n) is 2.60. The molecule has 14 heavy (non-hydrogen) atoms. The molecular weight excluding hydrogens is 174 g/mol. The number of hydrogen-bond acceptors (Lipinski definition) is 2. The maximum absolute atomic E-state index is 11.9. The molecule has 1 aliphatic rings. The molecule has 1 fully saturated rings. The zero-order valence-electron chi connectivity index (χ0n) is 8.66. The Bertz CT molecular complexity index is 353. The summed E-state index contributed by atoms with van der Waals surface area (Å²) in [7, 11) is 3.94. The average molecular weight is 189 g/mol. The van der Waals surface area contributed by atoms with Crippen molar-refractivity contribution in [3.63, 3.8) is 0 Å². The van der Waals surface area contributed by atoms with Crippen LogP contribution in [0.15, 0.2) is 24.3 Å². The fourth-order valence-corrected chi connectivity index (χ4v) is 1.64. The van der Waals surface area contributed by atoms with Gasteiger partial charge in [-0.2, -0.15) is 0 Å². The Labute approximate surface area is 84.5 Å². The van der Waals surface area contributed by atoms with Gasteiger partial charge in [0.05, 0.1) is 0 Å². The van der Waals surface area contributed by atoms with E-state index in [2.05, 4.69) is 0 Å². The van der Waals surface area contributed by atoms with Crippen molar-refractivity contribution in [1.29, 1.82) is 0 Å². The third-order valence-corrected chi connectivity index (χ3v) is 2.60. The summed E-state index contributed by atoms with van der Waals surface area (Å²) in [6.07, 6.45) is 2.14. The van der Waals surface area contributed by atoms with E-state index in [1.54, 1.807) is 0 Å². The summed E-state index contributed by atoms with van der Waals surface area (Å²) in [6, 6.07) is 7.83. The summed E-state index contributed by atoms with van der Waals surface area (Å²) in [5, 5.41) is 0. The van der Waals surface area contributed by atoms with Gasteiger partial charge in [0, 0.05) is 31.3 Å². The van der Waals surface area contributed by atoms with Crippen LogP contribution in [0.3, 0.4) is 0 Å². The molecular formula is C12H15NO. The van der Waals surface area contributed by atoms with Crippen molar-refractivity contribution < 1.29 is 4.79 Å².